The number of ether oxygens (including phenoxy) is 1. The SMILES string of the molecule is CCN(C(=O)Cc1ccc(NC(=O)[C@@H]2CC[C@H](CN)O2)cc1)c1ccccc1.Cl. The van der Waals surface area contributed by atoms with E-state index in [1.807, 2.05) is 61.5 Å². The van der Waals surface area contributed by atoms with Crippen molar-refractivity contribution < 1.29 is 14.3 Å². The quantitative estimate of drug-likeness (QED) is 0.724. The van der Waals surface area contributed by atoms with Crippen LogP contribution in [0, 0.1) is 0 Å². The summed E-state index contributed by atoms with van der Waals surface area (Å²) in [6.07, 6.45) is 1.33. The van der Waals surface area contributed by atoms with Gasteiger partial charge in [0.05, 0.1) is 12.5 Å². The second-order valence-electron chi connectivity index (χ2n) is 6.90. The minimum Gasteiger partial charge on any atom is -0.364 e. The molecule has 3 N–H and O–H groups in total. The molecule has 1 aliphatic heterocycles. The smallest absolute Gasteiger partial charge is 0.253 e. The second-order valence-corrected chi connectivity index (χ2v) is 6.90. The monoisotopic (exact) mass is 417 g/mol. The molecule has 0 saturated carbocycles. The van der Waals surface area contributed by atoms with Gasteiger partial charge in [0.1, 0.15) is 6.10 Å². The number of carbonyl (C=O) groups is 2. The Morgan fingerprint density at radius 3 is 2.38 bits per heavy atom. The summed E-state index contributed by atoms with van der Waals surface area (Å²) in [5.41, 5.74) is 8.07. The molecule has 2 aromatic rings. The number of hydrogen-bond acceptors (Lipinski definition) is 4. The molecular formula is C22H28ClN3O3. The number of benzene rings is 2. The maximum Gasteiger partial charge on any atom is 0.253 e. The zero-order valence-electron chi connectivity index (χ0n) is 16.5. The van der Waals surface area contributed by atoms with Crippen molar-refractivity contribution in [2.75, 3.05) is 23.3 Å². The molecule has 7 heteroatoms. The van der Waals surface area contributed by atoms with Gasteiger partial charge in [-0.3, -0.25) is 9.59 Å². The highest BCUT2D eigenvalue weighted by molar-refractivity contribution is 5.95. The maximum atomic E-state index is 12.7. The van der Waals surface area contributed by atoms with Crippen LogP contribution in [-0.2, 0) is 20.7 Å². The lowest BCUT2D eigenvalue weighted by atomic mass is 10.1. The van der Waals surface area contributed by atoms with Gasteiger partial charge in [0.2, 0.25) is 5.91 Å². The van der Waals surface area contributed by atoms with Crippen molar-refractivity contribution in [3.8, 4) is 0 Å². The number of rotatable bonds is 7. The van der Waals surface area contributed by atoms with Crippen LogP contribution in [0.15, 0.2) is 54.6 Å². The molecule has 0 spiro atoms. The summed E-state index contributed by atoms with van der Waals surface area (Å²) in [6, 6.07) is 17.0. The zero-order valence-corrected chi connectivity index (χ0v) is 17.4. The summed E-state index contributed by atoms with van der Waals surface area (Å²) < 4.78 is 5.61. The van der Waals surface area contributed by atoms with E-state index in [2.05, 4.69) is 5.32 Å². The Balaban J connectivity index is 0.00000300. The normalized spacial score (nSPS) is 18.0. The van der Waals surface area contributed by atoms with Gasteiger partial charge in [-0.1, -0.05) is 30.3 Å². The number of para-hydroxylation sites is 1. The van der Waals surface area contributed by atoms with E-state index >= 15 is 0 Å². The molecule has 2 atom stereocenters. The largest absolute Gasteiger partial charge is 0.364 e. The molecule has 2 aromatic carbocycles. The van der Waals surface area contributed by atoms with E-state index in [1.54, 1.807) is 4.90 Å². The number of halogens is 1. The fourth-order valence-corrected chi connectivity index (χ4v) is 3.38. The molecule has 29 heavy (non-hydrogen) atoms. The maximum absolute atomic E-state index is 12.7. The van der Waals surface area contributed by atoms with Gasteiger partial charge in [-0.05, 0) is 49.6 Å². The van der Waals surface area contributed by atoms with Crippen molar-refractivity contribution >= 4 is 35.6 Å². The van der Waals surface area contributed by atoms with Gasteiger partial charge in [0, 0.05) is 24.5 Å². The van der Waals surface area contributed by atoms with Gasteiger partial charge >= 0.3 is 0 Å². The Bertz CT molecular complexity index is 799. The number of anilines is 2. The predicted octanol–water partition coefficient (Wildman–Crippen LogP) is 3.15. The van der Waals surface area contributed by atoms with Gasteiger partial charge in [0.25, 0.3) is 5.91 Å². The predicted molar refractivity (Wildman–Crippen MR) is 117 cm³/mol. The first-order valence-electron chi connectivity index (χ1n) is 9.71. The van der Waals surface area contributed by atoms with Gasteiger partial charge in [-0.2, -0.15) is 0 Å². The Labute approximate surface area is 177 Å². The van der Waals surface area contributed by atoms with Crippen LogP contribution in [0.5, 0.6) is 0 Å². The highest BCUT2D eigenvalue weighted by Gasteiger charge is 2.29. The van der Waals surface area contributed by atoms with E-state index < -0.39 is 6.10 Å². The molecule has 0 aliphatic carbocycles. The highest BCUT2D eigenvalue weighted by atomic mass is 35.5. The molecular weight excluding hydrogens is 390 g/mol. The molecule has 156 valence electrons. The van der Waals surface area contributed by atoms with Crippen LogP contribution in [0.3, 0.4) is 0 Å². The Hall–Kier alpha value is -2.41. The summed E-state index contributed by atoms with van der Waals surface area (Å²) in [7, 11) is 0. The molecule has 3 rings (SSSR count). The molecule has 0 unspecified atom stereocenters. The Kier molecular flexibility index (Phi) is 8.64. The van der Waals surface area contributed by atoms with E-state index in [4.69, 9.17) is 10.5 Å². The van der Waals surface area contributed by atoms with Crippen LogP contribution in [-0.4, -0.2) is 37.1 Å². The number of nitrogens with one attached hydrogen (secondary N) is 1. The number of hydrogen-bond donors (Lipinski definition) is 2. The highest BCUT2D eigenvalue weighted by Crippen LogP contribution is 2.21. The molecule has 2 amide bonds. The van der Waals surface area contributed by atoms with Crippen molar-refractivity contribution in [3.63, 3.8) is 0 Å². The van der Waals surface area contributed by atoms with Gasteiger partial charge in [-0.15, -0.1) is 12.4 Å². The van der Waals surface area contributed by atoms with E-state index in [-0.39, 0.29) is 30.3 Å². The average Bonchev–Trinajstić information content (AvgIpc) is 3.20. The lowest BCUT2D eigenvalue weighted by Gasteiger charge is -2.21. The van der Waals surface area contributed by atoms with E-state index in [9.17, 15) is 9.59 Å². The van der Waals surface area contributed by atoms with Crippen LogP contribution in [0.25, 0.3) is 0 Å². The first kappa shape index (κ1) is 22.9. The third-order valence-corrected chi connectivity index (χ3v) is 4.92. The van der Waals surface area contributed by atoms with Crippen molar-refractivity contribution in [2.45, 2.75) is 38.4 Å². The fraction of sp³-hybridized carbons (Fsp3) is 0.364. The van der Waals surface area contributed by atoms with Gasteiger partial charge in [0.15, 0.2) is 0 Å². The van der Waals surface area contributed by atoms with Crippen LogP contribution in [0.4, 0.5) is 11.4 Å². The number of amides is 2. The Morgan fingerprint density at radius 2 is 1.79 bits per heavy atom. The molecule has 0 bridgehead atoms. The second kappa shape index (κ2) is 11.0. The summed E-state index contributed by atoms with van der Waals surface area (Å²) >= 11 is 0. The first-order chi connectivity index (χ1) is 13.6. The molecule has 0 aromatic heterocycles. The molecule has 1 heterocycles. The van der Waals surface area contributed by atoms with Crippen molar-refractivity contribution in [2.24, 2.45) is 5.73 Å². The first-order valence-corrected chi connectivity index (χ1v) is 9.71. The lowest BCUT2D eigenvalue weighted by Crippen LogP contribution is -2.32. The van der Waals surface area contributed by atoms with Crippen molar-refractivity contribution in [1.29, 1.82) is 0 Å². The van der Waals surface area contributed by atoms with Gasteiger partial charge in [-0.25, -0.2) is 0 Å². The minimum absolute atomic E-state index is 0. The molecule has 1 fully saturated rings. The lowest BCUT2D eigenvalue weighted by molar-refractivity contribution is -0.126. The summed E-state index contributed by atoms with van der Waals surface area (Å²) in [5.74, 6) is -0.112. The summed E-state index contributed by atoms with van der Waals surface area (Å²) in [6.45, 7) is 3.01. The van der Waals surface area contributed by atoms with E-state index in [1.165, 1.54) is 0 Å². The summed E-state index contributed by atoms with van der Waals surface area (Å²) in [4.78, 5) is 26.7. The number of carbonyl (C=O) groups excluding carboxylic acids is 2. The zero-order chi connectivity index (χ0) is 19.9. The molecule has 1 aliphatic rings. The summed E-state index contributed by atoms with van der Waals surface area (Å²) in [5, 5.41) is 2.87. The minimum atomic E-state index is -0.446. The standard InChI is InChI=1S/C22H27N3O3.ClH/c1-2-25(18-6-4-3-5-7-18)21(26)14-16-8-10-17(11-9-16)24-22(27)20-13-12-19(15-23)28-20;/h3-11,19-20H,2,12-15,23H2,1H3,(H,24,27);1H/t19-,20+;/m1./s1. The van der Waals surface area contributed by atoms with E-state index in [0.717, 1.165) is 17.7 Å². The van der Waals surface area contributed by atoms with Crippen molar-refractivity contribution in [3.05, 3.63) is 60.2 Å². The number of likely N-dealkylation sites (N-methyl/N-ethyl adjacent to an activating group) is 1. The van der Waals surface area contributed by atoms with Crippen LogP contribution >= 0.6 is 12.4 Å². The van der Waals surface area contributed by atoms with E-state index in [0.29, 0.717) is 31.6 Å². The topological polar surface area (TPSA) is 84.7 Å². The molecule has 6 nitrogen and oxygen atoms in total. The van der Waals surface area contributed by atoms with Crippen LogP contribution in [0.2, 0.25) is 0 Å². The van der Waals surface area contributed by atoms with Gasteiger partial charge < -0.3 is 20.7 Å². The van der Waals surface area contributed by atoms with Crippen molar-refractivity contribution in [1.82, 2.24) is 0 Å². The number of nitrogens with two attached hydrogens (primary N) is 1. The Morgan fingerprint density at radius 1 is 1.10 bits per heavy atom. The average molecular weight is 418 g/mol. The van der Waals surface area contributed by atoms with Crippen LogP contribution < -0.4 is 16.0 Å². The molecule has 0 radical (unpaired) electrons. The fourth-order valence-electron chi connectivity index (χ4n) is 3.38. The molecule has 1 saturated heterocycles. The third kappa shape index (κ3) is 6.03. The van der Waals surface area contributed by atoms with Crippen LogP contribution in [0.1, 0.15) is 25.3 Å². The third-order valence-electron chi connectivity index (χ3n) is 4.92. The number of nitrogens with zero attached hydrogens (tertiary/aromatic N) is 1.